The second-order valence-corrected chi connectivity index (χ2v) is 11.7. The van der Waals surface area contributed by atoms with E-state index in [9.17, 15) is 19.0 Å². The lowest BCUT2D eigenvalue weighted by molar-refractivity contribution is -0.0293. The molecule has 1 aromatic rings. The molecular formula is C26H46N5O8P. The molecule has 0 radical (unpaired) electrons. The topological polar surface area (TPSA) is 178 Å². The largest absolute Gasteiger partial charge is 0.472 e. The average Bonchev–Trinajstić information content (AvgIpc) is 3.32. The number of rotatable bonds is 22. The molecule has 1 fully saturated rings. The fraction of sp³-hybridized carbons (Fsp3) is 0.846. The summed E-state index contributed by atoms with van der Waals surface area (Å²) in [6.45, 7) is 3.98. The van der Waals surface area contributed by atoms with Gasteiger partial charge in [0.1, 0.15) is 6.23 Å². The summed E-state index contributed by atoms with van der Waals surface area (Å²) in [5, 5.41) is 3.66. The van der Waals surface area contributed by atoms with E-state index in [1.165, 1.54) is 81.9 Å². The summed E-state index contributed by atoms with van der Waals surface area (Å²) in [5.74, 6) is 0. The van der Waals surface area contributed by atoms with Gasteiger partial charge in [0, 0.05) is 29.7 Å². The van der Waals surface area contributed by atoms with Crippen molar-refractivity contribution in [1.82, 2.24) is 9.55 Å². The van der Waals surface area contributed by atoms with Crippen molar-refractivity contribution >= 4 is 7.82 Å². The Balaban J connectivity index is 1.57. The van der Waals surface area contributed by atoms with Crippen molar-refractivity contribution < 1.29 is 28.0 Å². The van der Waals surface area contributed by atoms with Gasteiger partial charge in [-0.1, -0.05) is 82.7 Å². The summed E-state index contributed by atoms with van der Waals surface area (Å²) >= 11 is 0. The van der Waals surface area contributed by atoms with Gasteiger partial charge in [-0.2, -0.15) is 0 Å². The molecule has 1 aromatic heterocycles. The van der Waals surface area contributed by atoms with Gasteiger partial charge < -0.3 is 14.4 Å². The molecule has 40 heavy (non-hydrogen) atoms. The quantitative estimate of drug-likeness (QED) is 0.0573. The first-order valence-electron chi connectivity index (χ1n) is 14.5. The van der Waals surface area contributed by atoms with Crippen LogP contribution in [0.3, 0.4) is 0 Å². The number of hydrogen-bond acceptors (Lipinski definition) is 8. The molecule has 0 saturated carbocycles. The number of azide groups is 1. The second-order valence-electron chi connectivity index (χ2n) is 10.2. The fourth-order valence-electron chi connectivity index (χ4n) is 4.59. The first kappa shape index (κ1) is 34.2. The summed E-state index contributed by atoms with van der Waals surface area (Å²) < 4.78 is 34.7. The fourth-order valence-corrected chi connectivity index (χ4v) is 5.30. The minimum absolute atomic E-state index is 0.118. The van der Waals surface area contributed by atoms with Gasteiger partial charge in [-0.3, -0.25) is 23.4 Å². The lowest BCUT2D eigenvalue weighted by Gasteiger charge is -2.18. The van der Waals surface area contributed by atoms with Crippen LogP contribution in [0.2, 0.25) is 0 Å². The van der Waals surface area contributed by atoms with E-state index in [-0.39, 0.29) is 19.6 Å². The van der Waals surface area contributed by atoms with Gasteiger partial charge in [0.2, 0.25) is 0 Å². The highest BCUT2D eigenvalue weighted by Gasteiger charge is 2.38. The molecule has 1 saturated heterocycles. The predicted octanol–water partition coefficient (Wildman–Crippen LogP) is 5.66. The van der Waals surface area contributed by atoms with Crippen LogP contribution in [0.25, 0.3) is 10.4 Å². The standard InChI is InChI=1S/C26H46N5O8P/c1-3-4-5-6-7-8-9-10-11-12-13-14-15-36-16-17-37-40(34,35)38-20-23-22(29-30-27)18-24(39-23)31-19-21(2)25(32)28-26(31)33/h19,22-24H,3-18,20H2,1-2H3,(H,34,35)(H,28,32,33)/t22-,23+,24+/m0/s1. The van der Waals surface area contributed by atoms with Gasteiger partial charge >= 0.3 is 13.5 Å². The molecule has 2 heterocycles. The highest BCUT2D eigenvalue weighted by atomic mass is 31.2. The van der Waals surface area contributed by atoms with Gasteiger partial charge in [-0.15, -0.1) is 0 Å². The van der Waals surface area contributed by atoms with Crippen LogP contribution in [0.5, 0.6) is 0 Å². The van der Waals surface area contributed by atoms with Crippen LogP contribution in [-0.2, 0) is 23.1 Å². The summed E-state index contributed by atoms with van der Waals surface area (Å²) in [4.78, 5) is 38.8. The molecule has 2 rings (SSSR count). The van der Waals surface area contributed by atoms with E-state index in [1.54, 1.807) is 0 Å². The van der Waals surface area contributed by atoms with Crippen molar-refractivity contribution in [2.24, 2.45) is 5.11 Å². The molecular weight excluding hydrogens is 541 g/mol. The van der Waals surface area contributed by atoms with E-state index < -0.39 is 44.1 Å². The van der Waals surface area contributed by atoms with E-state index in [4.69, 9.17) is 24.1 Å². The third-order valence-electron chi connectivity index (χ3n) is 6.89. The number of hydrogen-bond donors (Lipinski definition) is 2. The maximum Gasteiger partial charge on any atom is 0.472 e. The van der Waals surface area contributed by atoms with Crippen molar-refractivity contribution in [3.63, 3.8) is 0 Å². The van der Waals surface area contributed by atoms with Gasteiger partial charge in [-0.05, 0) is 18.9 Å². The van der Waals surface area contributed by atoms with E-state index in [1.807, 2.05) is 0 Å². The zero-order valence-electron chi connectivity index (χ0n) is 23.9. The Morgan fingerprint density at radius 2 is 1.68 bits per heavy atom. The summed E-state index contributed by atoms with van der Waals surface area (Å²) in [6, 6.07) is -0.756. The van der Waals surface area contributed by atoms with Crippen molar-refractivity contribution in [1.29, 1.82) is 0 Å². The Morgan fingerprint density at radius 3 is 2.30 bits per heavy atom. The first-order valence-corrected chi connectivity index (χ1v) is 16.0. The van der Waals surface area contributed by atoms with Crippen LogP contribution in [0.15, 0.2) is 20.9 Å². The molecule has 0 amide bonds. The molecule has 2 N–H and O–H groups in total. The van der Waals surface area contributed by atoms with Crippen LogP contribution >= 0.6 is 7.82 Å². The molecule has 0 spiro atoms. The zero-order valence-corrected chi connectivity index (χ0v) is 24.8. The summed E-state index contributed by atoms with van der Waals surface area (Å²) in [7, 11) is -4.41. The molecule has 4 atom stereocenters. The Kier molecular flexibility index (Phi) is 16.4. The SMILES string of the molecule is CCCCCCCCCCCCCCOCCOP(=O)(O)OC[C@H]1O[C@@H](n2cc(C)c(=O)[nH]c2=O)C[C@@H]1N=[N+]=[N-]. The lowest BCUT2D eigenvalue weighted by Crippen LogP contribution is -2.33. The van der Waals surface area contributed by atoms with Gasteiger partial charge in [-0.25, -0.2) is 9.36 Å². The number of nitrogens with one attached hydrogen (secondary N) is 1. The Morgan fingerprint density at radius 1 is 1.05 bits per heavy atom. The number of aromatic nitrogens is 2. The average molecular weight is 588 g/mol. The number of nitrogens with zero attached hydrogens (tertiary/aromatic N) is 4. The first-order chi connectivity index (χ1) is 19.3. The highest BCUT2D eigenvalue weighted by molar-refractivity contribution is 7.47. The number of phosphoric ester groups is 1. The van der Waals surface area contributed by atoms with Crippen LogP contribution in [0.4, 0.5) is 0 Å². The van der Waals surface area contributed by atoms with Crippen LogP contribution < -0.4 is 11.2 Å². The van der Waals surface area contributed by atoms with E-state index in [2.05, 4.69) is 21.9 Å². The van der Waals surface area contributed by atoms with Gasteiger partial charge in [0.05, 0.1) is 32.0 Å². The van der Waals surface area contributed by atoms with E-state index >= 15 is 0 Å². The predicted molar refractivity (Wildman–Crippen MR) is 151 cm³/mol. The number of aryl methyl sites for hydroxylation is 1. The highest BCUT2D eigenvalue weighted by Crippen LogP contribution is 2.44. The Labute approximate surface area is 235 Å². The van der Waals surface area contributed by atoms with Crippen molar-refractivity contribution in [3.05, 3.63) is 43.0 Å². The number of unbranched alkanes of at least 4 members (excludes halogenated alkanes) is 11. The summed E-state index contributed by atoms with van der Waals surface area (Å²) in [6.07, 6.45) is 14.9. The minimum Gasteiger partial charge on any atom is -0.379 e. The van der Waals surface area contributed by atoms with Crippen molar-refractivity contribution in [2.75, 3.05) is 26.4 Å². The maximum absolute atomic E-state index is 12.3. The molecule has 0 aromatic carbocycles. The van der Waals surface area contributed by atoms with Crippen LogP contribution in [0, 0.1) is 6.92 Å². The van der Waals surface area contributed by atoms with E-state index in [0.717, 1.165) is 12.8 Å². The smallest absolute Gasteiger partial charge is 0.379 e. The number of aromatic amines is 1. The number of phosphoric acid groups is 1. The zero-order chi connectivity index (χ0) is 29.2. The molecule has 0 bridgehead atoms. The van der Waals surface area contributed by atoms with Gasteiger partial charge in [0.15, 0.2) is 0 Å². The maximum atomic E-state index is 12.3. The number of ether oxygens (including phenoxy) is 2. The molecule has 13 nitrogen and oxygen atoms in total. The normalized spacial score (nSPS) is 20.3. The molecule has 1 aliphatic heterocycles. The van der Waals surface area contributed by atoms with Crippen LogP contribution in [0.1, 0.15) is 102 Å². The molecule has 228 valence electrons. The van der Waals surface area contributed by atoms with Gasteiger partial charge in [0.25, 0.3) is 5.56 Å². The van der Waals surface area contributed by atoms with Crippen LogP contribution in [-0.4, -0.2) is 53.0 Å². The van der Waals surface area contributed by atoms with Crippen molar-refractivity contribution in [2.45, 2.75) is 116 Å². The monoisotopic (exact) mass is 587 g/mol. The molecule has 14 heteroatoms. The van der Waals surface area contributed by atoms with E-state index in [0.29, 0.717) is 12.2 Å². The van der Waals surface area contributed by atoms with Crippen molar-refractivity contribution in [3.8, 4) is 0 Å². The third kappa shape index (κ3) is 13.1. The number of H-pyrrole nitrogens is 1. The Bertz CT molecular complexity index is 1070. The second kappa shape index (κ2) is 19.2. The third-order valence-corrected chi connectivity index (χ3v) is 7.87. The minimum atomic E-state index is -4.41. The Hall–Kier alpha value is -1.98. The lowest BCUT2D eigenvalue weighted by atomic mass is 10.1. The molecule has 1 unspecified atom stereocenters. The summed E-state index contributed by atoms with van der Waals surface area (Å²) in [5.41, 5.74) is 7.99. The molecule has 1 aliphatic rings. The molecule has 0 aliphatic carbocycles.